The van der Waals surface area contributed by atoms with Crippen molar-refractivity contribution in [1.82, 2.24) is 9.97 Å². The van der Waals surface area contributed by atoms with Gasteiger partial charge in [-0.3, -0.25) is 0 Å². The van der Waals surface area contributed by atoms with Gasteiger partial charge in [-0.25, -0.2) is 4.98 Å². The minimum absolute atomic E-state index is 0.443. The molecule has 5 nitrogen and oxygen atoms in total. The number of hydrogen-bond donors (Lipinski definition) is 1. The predicted octanol–water partition coefficient (Wildman–Crippen LogP) is 2.47. The van der Waals surface area contributed by atoms with E-state index < -0.39 is 0 Å². The van der Waals surface area contributed by atoms with Crippen molar-refractivity contribution in [3.8, 4) is 5.75 Å². The third kappa shape index (κ3) is 3.57. The molecule has 0 radical (unpaired) electrons. The summed E-state index contributed by atoms with van der Waals surface area (Å²) in [5.74, 6) is 1.87. The highest BCUT2D eigenvalue weighted by molar-refractivity contribution is 9.10. The van der Waals surface area contributed by atoms with Gasteiger partial charge in [-0.2, -0.15) is 4.98 Å². The number of nitrogens with zero attached hydrogens (tertiary/aromatic N) is 3. The standard InChI is InChI=1S/C13H15BrN4O/c1-18(13-16-11(14)7-12(15)17-13)8-9-3-5-10(19-2)6-4-9/h3-7H,8H2,1-2H3,(H2,15,16,17). The zero-order chi connectivity index (χ0) is 13.8. The fraction of sp³-hybridized carbons (Fsp3) is 0.231. The van der Waals surface area contributed by atoms with Crippen LogP contribution in [-0.2, 0) is 6.54 Å². The average molecular weight is 323 g/mol. The minimum Gasteiger partial charge on any atom is -0.497 e. The molecule has 0 aliphatic rings. The van der Waals surface area contributed by atoms with E-state index in [1.165, 1.54) is 0 Å². The minimum atomic E-state index is 0.443. The van der Waals surface area contributed by atoms with Crippen LogP contribution in [0.5, 0.6) is 5.75 Å². The van der Waals surface area contributed by atoms with E-state index in [1.807, 2.05) is 36.2 Å². The Morgan fingerprint density at radius 3 is 2.53 bits per heavy atom. The molecule has 0 spiro atoms. The van der Waals surface area contributed by atoms with E-state index in [9.17, 15) is 0 Å². The van der Waals surface area contributed by atoms with E-state index in [4.69, 9.17) is 10.5 Å². The van der Waals surface area contributed by atoms with Crippen LogP contribution in [0.1, 0.15) is 5.56 Å². The Labute approximate surface area is 120 Å². The molecule has 0 atom stereocenters. The molecule has 2 aromatic rings. The Bertz CT molecular complexity index is 539. The normalized spacial score (nSPS) is 10.3. The second kappa shape index (κ2) is 5.88. The summed E-state index contributed by atoms with van der Waals surface area (Å²) < 4.78 is 5.81. The summed E-state index contributed by atoms with van der Waals surface area (Å²) in [4.78, 5) is 10.4. The van der Waals surface area contributed by atoms with Crippen LogP contribution in [0.15, 0.2) is 34.9 Å². The highest BCUT2D eigenvalue weighted by Crippen LogP contribution is 2.18. The van der Waals surface area contributed by atoms with Crippen LogP contribution in [0.25, 0.3) is 0 Å². The average Bonchev–Trinajstić information content (AvgIpc) is 2.38. The summed E-state index contributed by atoms with van der Waals surface area (Å²) in [5, 5.41) is 0. The van der Waals surface area contributed by atoms with E-state index in [2.05, 4.69) is 25.9 Å². The van der Waals surface area contributed by atoms with Gasteiger partial charge in [0.15, 0.2) is 0 Å². The predicted molar refractivity (Wildman–Crippen MR) is 79.2 cm³/mol. The number of aromatic nitrogens is 2. The first-order valence-corrected chi connectivity index (χ1v) is 6.52. The van der Waals surface area contributed by atoms with Crippen LogP contribution >= 0.6 is 15.9 Å². The smallest absolute Gasteiger partial charge is 0.228 e. The molecule has 2 rings (SSSR count). The molecule has 6 heteroatoms. The van der Waals surface area contributed by atoms with Crippen molar-refractivity contribution in [1.29, 1.82) is 0 Å². The lowest BCUT2D eigenvalue weighted by atomic mass is 10.2. The van der Waals surface area contributed by atoms with Crippen LogP contribution in [0, 0.1) is 0 Å². The molecular formula is C13H15BrN4O. The summed E-state index contributed by atoms with van der Waals surface area (Å²) in [7, 11) is 3.57. The van der Waals surface area contributed by atoms with E-state index in [-0.39, 0.29) is 0 Å². The van der Waals surface area contributed by atoms with Crippen molar-refractivity contribution in [3.63, 3.8) is 0 Å². The van der Waals surface area contributed by atoms with Gasteiger partial charge in [0, 0.05) is 19.7 Å². The quantitative estimate of drug-likeness (QED) is 0.876. The van der Waals surface area contributed by atoms with Crippen molar-refractivity contribution in [2.45, 2.75) is 6.54 Å². The Hall–Kier alpha value is -1.82. The second-order valence-corrected chi connectivity index (χ2v) is 4.93. The zero-order valence-electron chi connectivity index (χ0n) is 10.8. The van der Waals surface area contributed by atoms with Gasteiger partial charge in [0.1, 0.15) is 16.2 Å². The summed E-state index contributed by atoms with van der Waals surface area (Å²) in [6.45, 7) is 0.694. The highest BCUT2D eigenvalue weighted by Gasteiger charge is 2.07. The Morgan fingerprint density at radius 1 is 1.26 bits per heavy atom. The Kier molecular flexibility index (Phi) is 4.21. The van der Waals surface area contributed by atoms with E-state index in [0.717, 1.165) is 11.3 Å². The topological polar surface area (TPSA) is 64.3 Å². The van der Waals surface area contributed by atoms with Gasteiger partial charge in [-0.1, -0.05) is 12.1 Å². The number of methoxy groups -OCH3 is 1. The molecular weight excluding hydrogens is 308 g/mol. The molecule has 0 saturated heterocycles. The van der Waals surface area contributed by atoms with Crippen LogP contribution in [0.3, 0.4) is 0 Å². The van der Waals surface area contributed by atoms with Crippen LogP contribution in [0.4, 0.5) is 11.8 Å². The summed E-state index contributed by atoms with van der Waals surface area (Å²) >= 11 is 3.31. The fourth-order valence-corrected chi connectivity index (χ4v) is 2.06. The van der Waals surface area contributed by atoms with Gasteiger partial charge >= 0.3 is 0 Å². The lowest BCUT2D eigenvalue weighted by molar-refractivity contribution is 0.414. The van der Waals surface area contributed by atoms with Crippen molar-refractivity contribution in [2.24, 2.45) is 0 Å². The first-order chi connectivity index (χ1) is 9.08. The number of anilines is 2. The van der Waals surface area contributed by atoms with Gasteiger partial charge in [-0.15, -0.1) is 0 Å². The van der Waals surface area contributed by atoms with E-state index in [0.29, 0.717) is 22.9 Å². The lowest BCUT2D eigenvalue weighted by Gasteiger charge is -2.17. The molecule has 1 heterocycles. The molecule has 19 heavy (non-hydrogen) atoms. The largest absolute Gasteiger partial charge is 0.497 e. The van der Waals surface area contributed by atoms with Crippen LogP contribution < -0.4 is 15.4 Å². The van der Waals surface area contributed by atoms with Crippen molar-refractivity contribution in [2.75, 3.05) is 24.8 Å². The fourth-order valence-electron chi connectivity index (χ4n) is 1.67. The van der Waals surface area contributed by atoms with Crippen LogP contribution in [0.2, 0.25) is 0 Å². The van der Waals surface area contributed by atoms with E-state index >= 15 is 0 Å². The summed E-state index contributed by atoms with van der Waals surface area (Å²) in [6, 6.07) is 9.55. The number of nitrogen functional groups attached to an aromatic ring is 1. The summed E-state index contributed by atoms with van der Waals surface area (Å²) in [5.41, 5.74) is 6.85. The van der Waals surface area contributed by atoms with E-state index in [1.54, 1.807) is 13.2 Å². The lowest BCUT2D eigenvalue weighted by Crippen LogP contribution is -2.19. The van der Waals surface area contributed by atoms with Crippen molar-refractivity contribution >= 4 is 27.7 Å². The molecule has 0 aliphatic heterocycles. The molecule has 0 unspecified atom stereocenters. The molecule has 1 aromatic carbocycles. The Morgan fingerprint density at radius 2 is 1.95 bits per heavy atom. The molecule has 0 aliphatic carbocycles. The van der Waals surface area contributed by atoms with Gasteiger partial charge < -0.3 is 15.4 Å². The number of rotatable bonds is 4. The maximum atomic E-state index is 5.70. The highest BCUT2D eigenvalue weighted by atomic mass is 79.9. The maximum absolute atomic E-state index is 5.70. The molecule has 0 fully saturated rings. The van der Waals surface area contributed by atoms with Gasteiger partial charge in [0.25, 0.3) is 0 Å². The van der Waals surface area contributed by atoms with Gasteiger partial charge in [0.2, 0.25) is 5.95 Å². The molecule has 1 aromatic heterocycles. The number of nitrogens with two attached hydrogens (primary N) is 1. The third-order valence-corrected chi connectivity index (χ3v) is 3.03. The number of halogens is 1. The first-order valence-electron chi connectivity index (χ1n) is 5.72. The molecule has 100 valence electrons. The van der Waals surface area contributed by atoms with Crippen molar-refractivity contribution < 1.29 is 4.74 Å². The zero-order valence-corrected chi connectivity index (χ0v) is 12.4. The number of benzene rings is 1. The molecule has 0 bridgehead atoms. The molecule has 2 N–H and O–H groups in total. The maximum Gasteiger partial charge on any atom is 0.228 e. The van der Waals surface area contributed by atoms with Crippen LogP contribution in [-0.4, -0.2) is 24.1 Å². The number of hydrogen-bond acceptors (Lipinski definition) is 5. The number of ether oxygens (including phenoxy) is 1. The van der Waals surface area contributed by atoms with Gasteiger partial charge in [-0.05, 0) is 33.6 Å². The molecule has 0 saturated carbocycles. The van der Waals surface area contributed by atoms with Crippen molar-refractivity contribution in [3.05, 3.63) is 40.5 Å². The monoisotopic (exact) mass is 322 g/mol. The second-order valence-electron chi connectivity index (χ2n) is 4.12. The van der Waals surface area contributed by atoms with Gasteiger partial charge in [0.05, 0.1) is 7.11 Å². The summed E-state index contributed by atoms with van der Waals surface area (Å²) in [6.07, 6.45) is 0. The SMILES string of the molecule is COc1ccc(CN(C)c2nc(N)cc(Br)n2)cc1. The first kappa shape index (κ1) is 13.6. The Balaban J connectivity index is 2.13. The third-order valence-electron chi connectivity index (χ3n) is 2.62. The molecule has 0 amide bonds.